The second kappa shape index (κ2) is 4.76. The number of fused-ring (bicyclic) bond motifs is 3. The molecular formula is C17H15BrN2. The molecule has 1 atom stereocenters. The van der Waals surface area contributed by atoms with Crippen LogP contribution in [0.5, 0.6) is 0 Å². The highest BCUT2D eigenvalue weighted by molar-refractivity contribution is 9.10. The zero-order chi connectivity index (χ0) is 13.5. The minimum atomic E-state index is 0.263. The van der Waals surface area contributed by atoms with Crippen molar-refractivity contribution in [3.05, 3.63) is 69.8 Å². The molecule has 0 bridgehead atoms. The summed E-state index contributed by atoms with van der Waals surface area (Å²) in [6.45, 7) is 1.02. The van der Waals surface area contributed by atoms with Crippen molar-refractivity contribution in [1.29, 1.82) is 0 Å². The third-order valence-corrected chi connectivity index (χ3v) is 4.73. The largest absolute Gasteiger partial charge is 0.356 e. The van der Waals surface area contributed by atoms with Crippen LogP contribution in [0.15, 0.2) is 53.0 Å². The van der Waals surface area contributed by atoms with Crippen LogP contribution in [0.1, 0.15) is 22.9 Å². The molecule has 2 heterocycles. The molecule has 0 amide bonds. The molecule has 0 aliphatic carbocycles. The van der Waals surface area contributed by atoms with Crippen LogP contribution in [0.4, 0.5) is 0 Å². The monoisotopic (exact) mass is 326 g/mol. The van der Waals surface area contributed by atoms with Crippen molar-refractivity contribution in [3.8, 4) is 0 Å². The van der Waals surface area contributed by atoms with Gasteiger partial charge in [0.15, 0.2) is 0 Å². The lowest BCUT2D eigenvalue weighted by Crippen LogP contribution is -2.30. The zero-order valence-electron chi connectivity index (χ0n) is 11.0. The van der Waals surface area contributed by atoms with E-state index in [1.54, 1.807) is 0 Å². The average molecular weight is 327 g/mol. The minimum absolute atomic E-state index is 0.263. The molecule has 1 aromatic heterocycles. The van der Waals surface area contributed by atoms with Crippen LogP contribution in [0, 0.1) is 0 Å². The van der Waals surface area contributed by atoms with E-state index in [0.717, 1.165) is 17.4 Å². The Morgan fingerprint density at radius 2 is 1.85 bits per heavy atom. The quantitative estimate of drug-likeness (QED) is 0.690. The number of aromatic amines is 1. The minimum Gasteiger partial charge on any atom is -0.356 e. The van der Waals surface area contributed by atoms with Crippen molar-refractivity contribution in [2.24, 2.45) is 0 Å². The van der Waals surface area contributed by atoms with Crippen molar-refractivity contribution >= 4 is 26.8 Å². The number of hydrogen-bond acceptors (Lipinski definition) is 1. The van der Waals surface area contributed by atoms with E-state index < -0.39 is 0 Å². The predicted molar refractivity (Wildman–Crippen MR) is 86.0 cm³/mol. The molecule has 0 spiro atoms. The first-order chi connectivity index (χ1) is 9.84. The van der Waals surface area contributed by atoms with E-state index in [4.69, 9.17) is 0 Å². The fourth-order valence-electron chi connectivity index (χ4n) is 3.15. The fourth-order valence-corrected chi connectivity index (χ4v) is 3.61. The van der Waals surface area contributed by atoms with Gasteiger partial charge >= 0.3 is 0 Å². The summed E-state index contributed by atoms with van der Waals surface area (Å²) in [5, 5.41) is 4.97. The highest BCUT2D eigenvalue weighted by Gasteiger charge is 2.25. The van der Waals surface area contributed by atoms with Crippen LogP contribution < -0.4 is 5.32 Å². The number of H-pyrrole nitrogens is 1. The number of halogens is 1. The maximum atomic E-state index is 3.65. The average Bonchev–Trinajstić information content (AvgIpc) is 2.88. The maximum Gasteiger partial charge on any atom is 0.0732 e. The molecule has 0 saturated carbocycles. The number of para-hydroxylation sites is 1. The van der Waals surface area contributed by atoms with E-state index in [9.17, 15) is 0 Å². The molecule has 3 aromatic rings. The lowest BCUT2D eigenvalue weighted by Gasteiger charge is -2.24. The normalized spacial score (nSPS) is 18.1. The van der Waals surface area contributed by atoms with Crippen molar-refractivity contribution in [2.45, 2.75) is 12.5 Å². The van der Waals surface area contributed by atoms with Gasteiger partial charge in [0.2, 0.25) is 0 Å². The Balaban J connectivity index is 1.94. The van der Waals surface area contributed by atoms with E-state index in [-0.39, 0.29) is 6.04 Å². The van der Waals surface area contributed by atoms with Crippen molar-refractivity contribution < 1.29 is 0 Å². The van der Waals surface area contributed by atoms with Gasteiger partial charge in [0.25, 0.3) is 0 Å². The van der Waals surface area contributed by atoms with Crippen molar-refractivity contribution in [2.75, 3.05) is 6.54 Å². The van der Waals surface area contributed by atoms with Crippen molar-refractivity contribution in [1.82, 2.24) is 10.3 Å². The van der Waals surface area contributed by atoms with E-state index in [2.05, 4.69) is 74.8 Å². The summed E-state index contributed by atoms with van der Waals surface area (Å²) >= 11 is 3.65. The zero-order valence-corrected chi connectivity index (χ0v) is 12.6. The molecular weight excluding hydrogens is 312 g/mol. The second-order valence-corrected chi connectivity index (χ2v) is 6.08. The molecule has 1 aliphatic heterocycles. The molecule has 0 radical (unpaired) electrons. The van der Waals surface area contributed by atoms with E-state index in [1.807, 2.05) is 0 Å². The SMILES string of the molecule is Brc1cccc2c3c([nH]c12)C(c1ccccc1)NCC3. The fraction of sp³-hybridized carbons (Fsp3) is 0.176. The Kier molecular flexibility index (Phi) is 2.90. The van der Waals surface area contributed by atoms with E-state index >= 15 is 0 Å². The summed E-state index contributed by atoms with van der Waals surface area (Å²) in [6.07, 6.45) is 1.08. The van der Waals surface area contributed by atoms with Gasteiger partial charge in [-0.1, -0.05) is 42.5 Å². The van der Waals surface area contributed by atoms with Gasteiger partial charge in [-0.2, -0.15) is 0 Å². The van der Waals surface area contributed by atoms with Gasteiger partial charge in [-0.15, -0.1) is 0 Å². The van der Waals surface area contributed by atoms with Crippen molar-refractivity contribution in [3.63, 3.8) is 0 Å². The topological polar surface area (TPSA) is 27.8 Å². The van der Waals surface area contributed by atoms with Gasteiger partial charge in [-0.3, -0.25) is 0 Å². The summed E-state index contributed by atoms with van der Waals surface area (Å²) in [5.74, 6) is 0. The van der Waals surface area contributed by atoms with Crippen LogP contribution in [-0.4, -0.2) is 11.5 Å². The summed E-state index contributed by atoms with van der Waals surface area (Å²) in [7, 11) is 0. The van der Waals surface area contributed by atoms with Crippen LogP contribution in [-0.2, 0) is 6.42 Å². The molecule has 0 saturated heterocycles. The summed E-state index contributed by atoms with van der Waals surface area (Å²) < 4.78 is 1.14. The first kappa shape index (κ1) is 12.2. The molecule has 1 aliphatic rings. The Bertz CT molecular complexity index is 761. The first-order valence-corrected chi connectivity index (χ1v) is 7.71. The van der Waals surface area contributed by atoms with Gasteiger partial charge in [0.05, 0.1) is 11.6 Å². The van der Waals surface area contributed by atoms with Gasteiger partial charge in [-0.25, -0.2) is 0 Å². The standard InChI is InChI=1S/C17H15BrN2/c18-14-8-4-7-12-13-9-10-19-15(17(13)20-16(12)14)11-5-2-1-3-6-11/h1-8,15,19-20H,9-10H2. The predicted octanol–water partition coefficient (Wildman–Crippen LogP) is 4.17. The lowest BCUT2D eigenvalue weighted by molar-refractivity contribution is 0.560. The Labute approximate surface area is 126 Å². The van der Waals surface area contributed by atoms with Crippen LogP contribution in [0.2, 0.25) is 0 Å². The van der Waals surface area contributed by atoms with Crippen LogP contribution in [0.3, 0.4) is 0 Å². The van der Waals surface area contributed by atoms with Gasteiger partial charge in [0, 0.05) is 22.1 Å². The molecule has 100 valence electrons. The summed E-state index contributed by atoms with van der Waals surface area (Å²) in [4.78, 5) is 3.62. The Hall–Kier alpha value is -1.58. The highest BCUT2D eigenvalue weighted by atomic mass is 79.9. The second-order valence-electron chi connectivity index (χ2n) is 5.23. The van der Waals surface area contributed by atoms with Crippen LogP contribution >= 0.6 is 15.9 Å². The number of aromatic nitrogens is 1. The number of benzene rings is 2. The number of nitrogens with one attached hydrogen (secondary N) is 2. The van der Waals surface area contributed by atoms with Gasteiger partial charge in [-0.05, 0) is 39.5 Å². The smallest absolute Gasteiger partial charge is 0.0732 e. The Morgan fingerprint density at radius 1 is 1.00 bits per heavy atom. The van der Waals surface area contributed by atoms with Gasteiger partial charge < -0.3 is 10.3 Å². The molecule has 0 fully saturated rings. The van der Waals surface area contributed by atoms with E-state index in [0.29, 0.717) is 0 Å². The molecule has 2 nitrogen and oxygen atoms in total. The van der Waals surface area contributed by atoms with Crippen LogP contribution in [0.25, 0.3) is 10.9 Å². The van der Waals surface area contributed by atoms with Gasteiger partial charge in [0.1, 0.15) is 0 Å². The maximum absolute atomic E-state index is 3.65. The molecule has 20 heavy (non-hydrogen) atoms. The molecule has 2 aromatic carbocycles. The summed E-state index contributed by atoms with van der Waals surface area (Å²) in [5.41, 5.74) is 5.29. The lowest BCUT2D eigenvalue weighted by atomic mass is 9.94. The first-order valence-electron chi connectivity index (χ1n) is 6.92. The molecule has 4 rings (SSSR count). The highest BCUT2D eigenvalue weighted by Crippen LogP contribution is 2.35. The third-order valence-electron chi connectivity index (χ3n) is 4.07. The van der Waals surface area contributed by atoms with E-state index in [1.165, 1.54) is 27.7 Å². The third kappa shape index (κ3) is 1.81. The molecule has 1 unspecified atom stereocenters. The Morgan fingerprint density at radius 3 is 2.70 bits per heavy atom. The number of hydrogen-bond donors (Lipinski definition) is 2. The molecule has 2 N–H and O–H groups in total. The molecule has 3 heteroatoms. The number of rotatable bonds is 1. The summed E-state index contributed by atoms with van der Waals surface area (Å²) in [6, 6.07) is 17.3.